The summed E-state index contributed by atoms with van der Waals surface area (Å²) in [6, 6.07) is 4.67. The van der Waals surface area contributed by atoms with E-state index in [2.05, 4.69) is 32.1 Å². The largest absolute Gasteiger partial charge is 0.349 e. The maximum absolute atomic E-state index is 12.5. The number of carbonyl (C=O) groups excluding carboxylic acids is 1. The van der Waals surface area contributed by atoms with Gasteiger partial charge in [0.15, 0.2) is 0 Å². The Bertz CT molecular complexity index is 930. The number of piperidine rings is 1. The molecule has 1 fully saturated rings. The molecule has 10 heteroatoms. The lowest BCUT2D eigenvalue weighted by atomic mass is 10.0. The number of rotatable bonds is 2. The summed E-state index contributed by atoms with van der Waals surface area (Å²) in [6.07, 6.45) is 3.04. The fourth-order valence-corrected chi connectivity index (χ4v) is 4.33. The third-order valence-electron chi connectivity index (χ3n) is 4.57. The first kappa shape index (κ1) is 16.0. The zero-order valence-electron chi connectivity index (χ0n) is 13.6. The van der Waals surface area contributed by atoms with Crippen LogP contribution in [0.4, 0.5) is 5.95 Å². The Balaban J connectivity index is 1.62. The van der Waals surface area contributed by atoms with E-state index in [1.807, 2.05) is 0 Å². The zero-order valence-corrected chi connectivity index (χ0v) is 14.5. The van der Waals surface area contributed by atoms with E-state index >= 15 is 0 Å². The van der Waals surface area contributed by atoms with Gasteiger partial charge >= 0.3 is 0 Å². The summed E-state index contributed by atoms with van der Waals surface area (Å²) in [5.74, 6) is -0.132. The number of fused-ring (bicyclic) bond motifs is 3. The van der Waals surface area contributed by atoms with Gasteiger partial charge in [0.25, 0.3) is 15.9 Å². The van der Waals surface area contributed by atoms with Gasteiger partial charge in [-0.15, -0.1) is 0 Å². The molecule has 9 nitrogen and oxygen atoms in total. The molecular formula is C15H18N6O3S. The first-order chi connectivity index (χ1) is 11.9. The monoisotopic (exact) mass is 362 g/mol. The van der Waals surface area contributed by atoms with E-state index in [0.717, 1.165) is 25.9 Å². The zero-order chi connectivity index (χ0) is 17.6. The lowest BCUT2D eigenvalue weighted by molar-refractivity contribution is 0.0916. The number of aromatic nitrogens is 3. The Morgan fingerprint density at radius 1 is 1.32 bits per heavy atom. The number of benzene rings is 1. The molecule has 3 heterocycles. The molecule has 1 aromatic heterocycles. The maximum Gasteiger partial charge on any atom is 0.266 e. The molecule has 2 N–H and O–H groups in total. The van der Waals surface area contributed by atoms with Crippen LogP contribution in [0.3, 0.4) is 0 Å². The summed E-state index contributed by atoms with van der Waals surface area (Å²) in [5, 5.41) is 7.00. The molecule has 1 saturated heterocycles. The third kappa shape index (κ3) is 2.87. The first-order valence-corrected chi connectivity index (χ1v) is 9.49. The molecule has 25 heavy (non-hydrogen) atoms. The number of nitrogens with one attached hydrogen (secondary N) is 2. The second-order valence-electron chi connectivity index (χ2n) is 6.33. The Kier molecular flexibility index (Phi) is 3.73. The van der Waals surface area contributed by atoms with Crippen LogP contribution in [0.1, 0.15) is 23.2 Å². The summed E-state index contributed by atoms with van der Waals surface area (Å²) in [5.41, 5.74) is 0.689. The molecular weight excluding hydrogens is 344 g/mol. The third-order valence-corrected chi connectivity index (χ3v) is 5.92. The van der Waals surface area contributed by atoms with Gasteiger partial charge in [0.05, 0.1) is 5.69 Å². The van der Waals surface area contributed by atoms with Gasteiger partial charge in [-0.1, -0.05) is 0 Å². The highest BCUT2D eigenvalue weighted by molar-refractivity contribution is 7.93. The van der Waals surface area contributed by atoms with Crippen molar-refractivity contribution in [2.45, 2.75) is 23.8 Å². The van der Waals surface area contributed by atoms with Gasteiger partial charge in [-0.25, -0.2) is 13.1 Å². The van der Waals surface area contributed by atoms with E-state index in [9.17, 15) is 13.2 Å². The fraction of sp³-hybridized carbons (Fsp3) is 0.400. The van der Waals surface area contributed by atoms with Crippen LogP contribution in [-0.4, -0.2) is 60.2 Å². The molecule has 1 aromatic carbocycles. The number of amides is 1. The Morgan fingerprint density at radius 3 is 2.84 bits per heavy atom. The fourth-order valence-electron chi connectivity index (χ4n) is 3.13. The SMILES string of the molecule is CN1CCC(NC(=O)c2ccc3c(c2)S(=O)(=O)Nc2ncnn2-3)CC1. The number of anilines is 1. The highest BCUT2D eigenvalue weighted by Gasteiger charge is 2.30. The molecule has 0 atom stereocenters. The predicted molar refractivity (Wildman–Crippen MR) is 90.2 cm³/mol. The Morgan fingerprint density at radius 2 is 2.08 bits per heavy atom. The van der Waals surface area contributed by atoms with E-state index in [1.165, 1.54) is 17.1 Å². The van der Waals surface area contributed by atoms with Crippen molar-refractivity contribution in [2.24, 2.45) is 0 Å². The van der Waals surface area contributed by atoms with Crippen molar-refractivity contribution < 1.29 is 13.2 Å². The second kappa shape index (κ2) is 5.81. The summed E-state index contributed by atoms with van der Waals surface area (Å²) in [4.78, 5) is 18.6. The van der Waals surface area contributed by atoms with Crippen molar-refractivity contribution in [3.63, 3.8) is 0 Å². The van der Waals surface area contributed by atoms with Crippen molar-refractivity contribution in [2.75, 3.05) is 24.9 Å². The average molecular weight is 362 g/mol. The molecule has 4 rings (SSSR count). The molecule has 132 valence electrons. The van der Waals surface area contributed by atoms with Crippen LogP contribution >= 0.6 is 0 Å². The normalized spacial score (nSPS) is 19.6. The molecule has 0 unspecified atom stereocenters. The van der Waals surface area contributed by atoms with Crippen molar-refractivity contribution in [3.8, 4) is 5.69 Å². The van der Waals surface area contributed by atoms with E-state index in [0.29, 0.717) is 11.3 Å². The van der Waals surface area contributed by atoms with Crippen LogP contribution in [0.15, 0.2) is 29.4 Å². The molecule has 2 aliphatic heterocycles. The Hall–Kier alpha value is -2.46. The highest BCUT2D eigenvalue weighted by Crippen LogP contribution is 2.29. The lowest BCUT2D eigenvalue weighted by Gasteiger charge is -2.29. The van der Waals surface area contributed by atoms with Crippen molar-refractivity contribution >= 4 is 21.9 Å². The number of nitrogens with zero attached hydrogens (tertiary/aromatic N) is 4. The van der Waals surface area contributed by atoms with Gasteiger partial charge in [-0.05, 0) is 51.2 Å². The molecule has 0 radical (unpaired) electrons. The molecule has 0 bridgehead atoms. The summed E-state index contributed by atoms with van der Waals surface area (Å²) in [6.45, 7) is 1.87. The topological polar surface area (TPSA) is 109 Å². The van der Waals surface area contributed by atoms with Crippen molar-refractivity contribution in [1.29, 1.82) is 0 Å². The van der Waals surface area contributed by atoms with Gasteiger partial charge in [0.1, 0.15) is 11.2 Å². The van der Waals surface area contributed by atoms with Crippen LogP contribution < -0.4 is 10.0 Å². The van der Waals surface area contributed by atoms with Crippen LogP contribution in [0.5, 0.6) is 0 Å². The molecule has 2 aromatic rings. The number of sulfonamides is 1. The summed E-state index contributed by atoms with van der Waals surface area (Å²) < 4.78 is 28.6. The first-order valence-electron chi connectivity index (χ1n) is 8.01. The second-order valence-corrected chi connectivity index (χ2v) is 7.99. The summed E-state index contributed by atoms with van der Waals surface area (Å²) >= 11 is 0. The summed E-state index contributed by atoms with van der Waals surface area (Å²) in [7, 11) is -1.73. The van der Waals surface area contributed by atoms with Crippen molar-refractivity contribution in [1.82, 2.24) is 25.0 Å². The minimum Gasteiger partial charge on any atom is -0.349 e. The van der Waals surface area contributed by atoms with E-state index in [4.69, 9.17) is 0 Å². The molecule has 1 amide bonds. The van der Waals surface area contributed by atoms with Crippen LogP contribution in [-0.2, 0) is 10.0 Å². The molecule has 0 aliphatic carbocycles. The number of hydrogen-bond acceptors (Lipinski definition) is 6. The number of carbonyl (C=O) groups is 1. The molecule has 0 saturated carbocycles. The smallest absolute Gasteiger partial charge is 0.266 e. The lowest BCUT2D eigenvalue weighted by Crippen LogP contribution is -2.43. The number of hydrogen-bond donors (Lipinski definition) is 2. The highest BCUT2D eigenvalue weighted by atomic mass is 32.2. The quantitative estimate of drug-likeness (QED) is 0.790. The maximum atomic E-state index is 12.5. The van der Waals surface area contributed by atoms with Crippen LogP contribution in [0, 0.1) is 0 Å². The van der Waals surface area contributed by atoms with Gasteiger partial charge in [0, 0.05) is 11.6 Å². The standard InChI is InChI=1S/C15H18N6O3S/c1-20-6-4-11(5-7-20)18-14(22)10-2-3-12-13(8-10)25(23,24)19-15-16-9-17-21(12)15/h2-3,8-9,11H,4-7H2,1H3,(H,18,22)(H,16,17,19). The van der Waals surface area contributed by atoms with Gasteiger partial charge in [0.2, 0.25) is 5.95 Å². The van der Waals surface area contributed by atoms with Crippen LogP contribution in [0.25, 0.3) is 5.69 Å². The van der Waals surface area contributed by atoms with Crippen molar-refractivity contribution in [3.05, 3.63) is 30.1 Å². The minimum atomic E-state index is -3.78. The van der Waals surface area contributed by atoms with E-state index in [-0.39, 0.29) is 22.8 Å². The molecule has 0 spiro atoms. The number of likely N-dealkylation sites (tertiary alicyclic amines) is 1. The Labute approximate surface area is 145 Å². The van der Waals surface area contributed by atoms with Gasteiger partial charge < -0.3 is 10.2 Å². The van der Waals surface area contributed by atoms with E-state index < -0.39 is 10.0 Å². The van der Waals surface area contributed by atoms with Gasteiger partial charge in [-0.3, -0.25) is 4.79 Å². The van der Waals surface area contributed by atoms with E-state index in [1.54, 1.807) is 12.1 Å². The average Bonchev–Trinajstić information content (AvgIpc) is 3.04. The molecule has 2 aliphatic rings. The minimum absolute atomic E-state index is 0.0153. The van der Waals surface area contributed by atoms with Crippen LogP contribution in [0.2, 0.25) is 0 Å². The predicted octanol–water partition coefficient (Wildman–Crippen LogP) is 0.205. The van der Waals surface area contributed by atoms with Gasteiger partial charge in [-0.2, -0.15) is 14.8 Å².